The molecule has 0 unspecified atom stereocenters. The highest BCUT2D eigenvalue weighted by Crippen LogP contribution is 2.23. The molecule has 76 valence electrons. The van der Waals surface area contributed by atoms with E-state index < -0.39 is 0 Å². The molecule has 1 aromatic rings. The minimum atomic E-state index is 0.246. The second-order valence-electron chi connectivity index (χ2n) is 3.03. The van der Waals surface area contributed by atoms with Crippen molar-refractivity contribution in [2.45, 2.75) is 19.8 Å². The first-order valence-corrected chi connectivity index (χ1v) is 5.30. The summed E-state index contributed by atoms with van der Waals surface area (Å²) in [5.41, 5.74) is 1.01. The van der Waals surface area contributed by atoms with Gasteiger partial charge in [-0.05, 0) is 17.7 Å². The molecule has 14 heavy (non-hydrogen) atoms. The maximum atomic E-state index is 11.2. The van der Waals surface area contributed by atoms with Gasteiger partial charge in [-0.25, -0.2) is 0 Å². The van der Waals surface area contributed by atoms with Crippen LogP contribution in [-0.4, -0.2) is 12.9 Å². The summed E-state index contributed by atoms with van der Waals surface area (Å²) in [5.74, 6) is 1.04. The van der Waals surface area contributed by atoms with Gasteiger partial charge < -0.3 is 4.74 Å². The van der Waals surface area contributed by atoms with E-state index in [1.54, 1.807) is 7.11 Å². The Labute approximate surface area is 92.4 Å². The number of halogens is 1. The zero-order valence-electron chi connectivity index (χ0n) is 8.34. The Morgan fingerprint density at radius 1 is 1.50 bits per heavy atom. The molecule has 2 nitrogen and oxygen atoms in total. The summed E-state index contributed by atoms with van der Waals surface area (Å²) in [6, 6.07) is 5.65. The van der Waals surface area contributed by atoms with Gasteiger partial charge in [0, 0.05) is 17.3 Å². The molecule has 0 spiro atoms. The van der Waals surface area contributed by atoms with Crippen molar-refractivity contribution in [3.63, 3.8) is 0 Å². The lowest BCUT2D eigenvalue weighted by Crippen LogP contribution is -2.01. The van der Waals surface area contributed by atoms with Crippen LogP contribution in [0, 0.1) is 0 Å². The zero-order valence-corrected chi connectivity index (χ0v) is 9.93. The molecule has 0 heterocycles. The summed E-state index contributed by atoms with van der Waals surface area (Å²) >= 11 is 3.41. The SMILES string of the molecule is CCC(=O)Cc1ccc(OC)cc1Br. The van der Waals surface area contributed by atoms with Gasteiger partial charge in [0.05, 0.1) is 7.11 Å². The number of carbonyl (C=O) groups is 1. The number of methoxy groups -OCH3 is 1. The summed E-state index contributed by atoms with van der Waals surface area (Å²) in [4.78, 5) is 11.2. The van der Waals surface area contributed by atoms with E-state index in [0.29, 0.717) is 12.8 Å². The third-order valence-corrected chi connectivity index (χ3v) is 2.78. The molecule has 0 atom stereocenters. The third-order valence-electron chi connectivity index (χ3n) is 2.04. The van der Waals surface area contributed by atoms with Crippen LogP contribution < -0.4 is 4.74 Å². The van der Waals surface area contributed by atoms with Crippen LogP contribution in [0.5, 0.6) is 5.75 Å². The highest BCUT2D eigenvalue weighted by atomic mass is 79.9. The Morgan fingerprint density at radius 2 is 2.21 bits per heavy atom. The van der Waals surface area contributed by atoms with Gasteiger partial charge in [0.25, 0.3) is 0 Å². The van der Waals surface area contributed by atoms with Gasteiger partial charge in [0.2, 0.25) is 0 Å². The summed E-state index contributed by atoms with van der Waals surface area (Å²) in [6.07, 6.45) is 1.07. The molecule has 0 amide bonds. The Balaban J connectivity index is 2.83. The first kappa shape index (κ1) is 11.2. The molecule has 0 bridgehead atoms. The van der Waals surface area contributed by atoms with Crippen LogP contribution in [0.3, 0.4) is 0 Å². The van der Waals surface area contributed by atoms with Crippen molar-refractivity contribution in [2.24, 2.45) is 0 Å². The van der Waals surface area contributed by atoms with Crippen molar-refractivity contribution in [1.82, 2.24) is 0 Å². The highest BCUT2D eigenvalue weighted by Gasteiger charge is 2.05. The van der Waals surface area contributed by atoms with Crippen LogP contribution in [0.4, 0.5) is 0 Å². The average molecular weight is 257 g/mol. The molecule has 3 heteroatoms. The van der Waals surface area contributed by atoms with Crippen LogP contribution in [0.1, 0.15) is 18.9 Å². The third kappa shape index (κ3) is 2.84. The van der Waals surface area contributed by atoms with Crippen molar-refractivity contribution in [2.75, 3.05) is 7.11 Å². The summed E-state index contributed by atoms with van der Waals surface area (Å²) < 4.78 is 6.00. The monoisotopic (exact) mass is 256 g/mol. The van der Waals surface area contributed by atoms with E-state index in [2.05, 4.69) is 15.9 Å². The number of ketones is 1. The maximum Gasteiger partial charge on any atom is 0.137 e. The summed E-state index contributed by atoms with van der Waals surface area (Å²) in [7, 11) is 1.62. The fraction of sp³-hybridized carbons (Fsp3) is 0.364. The van der Waals surface area contributed by atoms with Crippen LogP contribution in [0.15, 0.2) is 22.7 Å². The Morgan fingerprint density at radius 3 is 2.71 bits per heavy atom. The Bertz CT molecular complexity index is 334. The van der Waals surface area contributed by atoms with Gasteiger partial charge in [-0.15, -0.1) is 0 Å². The van der Waals surface area contributed by atoms with Crippen molar-refractivity contribution in [1.29, 1.82) is 0 Å². The zero-order chi connectivity index (χ0) is 10.6. The van der Waals surface area contributed by atoms with Crippen LogP contribution in [0.2, 0.25) is 0 Å². The van der Waals surface area contributed by atoms with Crippen molar-refractivity contribution in [3.8, 4) is 5.75 Å². The normalized spacial score (nSPS) is 9.93. The van der Waals surface area contributed by atoms with Gasteiger partial charge >= 0.3 is 0 Å². The van der Waals surface area contributed by atoms with E-state index in [1.165, 1.54) is 0 Å². The lowest BCUT2D eigenvalue weighted by Gasteiger charge is -2.05. The van der Waals surface area contributed by atoms with E-state index in [0.717, 1.165) is 15.8 Å². The molecule has 0 aliphatic rings. The molecular weight excluding hydrogens is 244 g/mol. The summed E-state index contributed by atoms with van der Waals surface area (Å²) in [6.45, 7) is 1.87. The quantitative estimate of drug-likeness (QED) is 0.828. The first-order chi connectivity index (χ1) is 6.67. The van der Waals surface area contributed by atoms with E-state index in [9.17, 15) is 4.79 Å². The molecule has 0 N–H and O–H groups in total. The lowest BCUT2D eigenvalue weighted by molar-refractivity contribution is -0.118. The predicted molar refractivity (Wildman–Crippen MR) is 59.7 cm³/mol. The van der Waals surface area contributed by atoms with Gasteiger partial charge in [-0.3, -0.25) is 4.79 Å². The molecule has 0 saturated heterocycles. The number of hydrogen-bond donors (Lipinski definition) is 0. The van der Waals surface area contributed by atoms with E-state index in [4.69, 9.17) is 4.74 Å². The maximum absolute atomic E-state index is 11.2. The average Bonchev–Trinajstić information content (AvgIpc) is 2.20. The molecule has 0 fully saturated rings. The summed E-state index contributed by atoms with van der Waals surface area (Å²) in [5, 5.41) is 0. The Hall–Kier alpha value is -0.830. The van der Waals surface area contributed by atoms with E-state index in [1.807, 2.05) is 25.1 Å². The topological polar surface area (TPSA) is 26.3 Å². The van der Waals surface area contributed by atoms with Crippen LogP contribution in [-0.2, 0) is 11.2 Å². The second kappa shape index (κ2) is 5.15. The molecule has 1 rings (SSSR count). The van der Waals surface area contributed by atoms with Gasteiger partial charge in [0.15, 0.2) is 0 Å². The molecule has 0 aromatic heterocycles. The lowest BCUT2D eigenvalue weighted by atomic mass is 10.1. The standard InChI is InChI=1S/C11H13BrO2/c1-3-9(13)6-8-4-5-10(14-2)7-11(8)12/h4-5,7H,3,6H2,1-2H3. The van der Waals surface area contributed by atoms with Gasteiger partial charge in [0.1, 0.15) is 11.5 Å². The second-order valence-corrected chi connectivity index (χ2v) is 3.88. The number of ether oxygens (including phenoxy) is 1. The molecule has 0 aliphatic carbocycles. The van der Waals surface area contributed by atoms with Crippen LogP contribution >= 0.6 is 15.9 Å². The molecule has 0 aliphatic heterocycles. The van der Waals surface area contributed by atoms with Crippen molar-refractivity contribution < 1.29 is 9.53 Å². The molecule has 0 radical (unpaired) electrons. The van der Waals surface area contributed by atoms with Crippen LogP contribution in [0.25, 0.3) is 0 Å². The number of rotatable bonds is 4. The smallest absolute Gasteiger partial charge is 0.137 e. The predicted octanol–water partition coefficient (Wildman–Crippen LogP) is 2.98. The first-order valence-electron chi connectivity index (χ1n) is 4.51. The number of hydrogen-bond acceptors (Lipinski definition) is 2. The molecular formula is C11H13BrO2. The van der Waals surface area contributed by atoms with Gasteiger partial charge in [-0.1, -0.05) is 28.9 Å². The fourth-order valence-corrected chi connectivity index (χ4v) is 1.63. The highest BCUT2D eigenvalue weighted by molar-refractivity contribution is 9.10. The van der Waals surface area contributed by atoms with Crippen molar-refractivity contribution >= 4 is 21.7 Å². The van der Waals surface area contributed by atoms with Gasteiger partial charge in [-0.2, -0.15) is 0 Å². The largest absolute Gasteiger partial charge is 0.497 e. The van der Waals surface area contributed by atoms with E-state index in [-0.39, 0.29) is 5.78 Å². The number of Topliss-reactive ketones (excluding diaryl/α,β-unsaturated/α-hetero) is 1. The number of carbonyl (C=O) groups excluding carboxylic acids is 1. The van der Waals surface area contributed by atoms with Crippen molar-refractivity contribution in [3.05, 3.63) is 28.2 Å². The minimum absolute atomic E-state index is 0.246. The van der Waals surface area contributed by atoms with E-state index >= 15 is 0 Å². The molecule has 1 aromatic carbocycles. The number of benzene rings is 1. The fourth-order valence-electron chi connectivity index (χ4n) is 1.14. The Kier molecular flexibility index (Phi) is 4.14. The minimum Gasteiger partial charge on any atom is -0.497 e. The molecule has 0 saturated carbocycles.